The molecule has 0 aromatic heterocycles. The van der Waals surface area contributed by atoms with E-state index in [1.54, 1.807) is 18.2 Å². The van der Waals surface area contributed by atoms with E-state index in [0.29, 0.717) is 11.1 Å². The zero-order valence-electron chi connectivity index (χ0n) is 12.4. The SMILES string of the molecule is COC(=O)[C@@H]1c2ccccc2C(=O)O[C@H]1c1ccccc1C. The van der Waals surface area contributed by atoms with Crippen molar-refractivity contribution in [3.63, 3.8) is 0 Å². The van der Waals surface area contributed by atoms with Gasteiger partial charge in [0.05, 0.1) is 12.7 Å². The standard InChI is InChI=1S/C18H16O4/c1-11-7-3-4-8-12(11)16-15(18(20)21-2)13-9-5-6-10-14(13)17(19)22-16/h3-10,15-16H,1-2H3/t15-,16+/m1/s1. The van der Waals surface area contributed by atoms with Crippen LogP contribution in [0.2, 0.25) is 0 Å². The van der Waals surface area contributed by atoms with Crippen LogP contribution in [0, 0.1) is 6.92 Å². The van der Waals surface area contributed by atoms with Crippen LogP contribution in [0.25, 0.3) is 0 Å². The van der Waals surface area contributed by atoms with Crippen LogP contribution in [0.4, 0.5) is 0 Å². The summed E-state index contributed by atoms with van der Waals surface area (Å²) in [5, 5.41) is 0. The molecule has 1 aliphatic heterocycles. The number of hydrogen-bond donors (Lipinski definition) is 0. The molecule has 1 aliphatic rings. The van der Waals surface area contributed by atoms with E-state index in [0.717, 1.165) is 11.1 Å². The number of esters is 2. The van der Waals surface area contributed by atoms with Crippen LogP contribution >= 0.6 is 0 Å². The largest absolute Gasteiger partial charge is 0.468 e. The summed E-state index contributed by atoms with van der Waals surface area (Å²) >= 11 is 0. The molecule has 2 aromatic rings. The van der Waals surface area contributed by atoms with Crippen LogP contribution in [-0.4, -0.2) is 19.0 Å². The van der Waals surface area contributed by atoms with Gasteiger partial charge in [0.25, 0.3) is 0 Å². The lowest BCUT2D eigenvalue weighted by Crippen LogP contribution is -2.32. The van der Waals surface area contributed by atoms with Crippen molar-refractivity contribution in [1.82, 2.24) is 0 Å². The Kier molecular flexibility index (Phi) is 3.67. The fourth-order valence-corrected chi connectivity index (χ4v) is 2.89. The van der Waals surface area contributed by atoms with Gasteiger partial charge in [-0.2, -0.15) is 0 Å². The second kappa shape index (κ2) is 5.64. The Morgan fingerprint density at radius 3 is 2.36 bits per heavy atom. The minimum Gasteiger partial charge on any atom is -0.468 e. The van der Waals surface area contributed by atoms with Crippen molar-refractivity contribution in [1.29, 1.82) is 0 Å². The molecule has 22 heavy (non-hydrogen) atoms. The molecule has 4 nitrogen and oxygen atoms in total. The molecule has 1 heterocycles. The van der Waals surface area contributed by atoms with E-state index in [1.165, 1.54) is 7.11 Å². The molecule has 2 aromatic carbocycles. The van der Waals surface area contributed by atoms with Gasteiger partial charge in [-0.05, 0) is 29.7 Å². The Morgan fingerprint density at radius 1 is 1.05 bits per heavy atom. The van der Waals surface area contributed by atoms with Crippen LogP contribution in [0.1, 0.15) is 39.1 Å². The highest BCUT2D eigenvalue weighted by molar-refractivity contribution is 5.96. The number of carbonyl (C=O) groups excluding carboxylic acids is 2. The van der Waals surface area contributed by atoms with Crippen molar-refractivity contribution in [3.8, 4) is 0 Å². The fraction of sp³-hybridized carbons (Fsp3) is 0.222. The normalized spacial score (nSPS) is 20.0. The van der Waals surface area contributed by atoms with E-state index in [1.807, 2.05) is 37.3 Å². The van der Waals surface area contributed by atoms with E-state index in [-0.39, 0.29) is 0 Å². The van der Waals surface area contributed by atoms with Crippen molar-refractivity contribution >= 4 is 11.9 Å². The monoisotopic (exact) mass is 296 g/mol. The summed E-state index contributed by atoms with van der Waals surface area (Å²) in [5.74, 6) is -1.47. The number of fused-ring (bicyclic) bond motifs is 1. The topological polar surface area (TPSA) is 52.6 Å². The molecule has 0 fully saturated rings. The first-order valence-corrected chi connectivity index (χ1v) is 7.06. The van der Waals surface area contributed by atoms with E-state index < -0.39 is 24.0 Å². The Balaban J connectivity index is 2.17. The van der Waals surface area contributed by atoms with Gasteiger partial charge in [-0.1, -0.05) is 42.5 Å². The maximum Gasteiger partial charge on any atom is 0.339 e. The smallest absolute Gasteiger partial charge is 0.339 e. The van der Waals surface area contributed by atoms with Gasteiger partial charge in [-0.3, -0.25) is 4.79 Å². The molecule has 0 N–H and O–H groups in total. The van der Waals surface area contributed by atoms with Gasteiger partial charge >= 0.3 is 11.9 Å². The molecule has 0 aliphatic carbocycles. The number of carbonyl (C=O) groups is 2. The average Bonchev–Trinajstić information content (AvgIpc) is 2.54. The Bertz CT molecular complexity index is 735. The molecular formula is C18H16O4. The van der Waals surface area contributed by atoms with Gasteiger partial charge in [0.2, 0.25) is 0 Å². The van der Waals surface area contributed by atoms with Gasteiger partial charge in [-0.15, -0.1) is 0 Å². The number of aryl methyl sites for hydroxylation is 1. The molecule has 112 valence electrons. The summed E-state index contributed by atoms with van der Waals surface area (Å²) in [4.78, 5) is 24.6. The molecule has 2 atom stereocenters. The number of benzene rings is 2. The predicted molar refractivity (Wildman–Crippen MR) is 80.5 cm³/mol. The highest BCUT2D eigenvalue weighted by Gasteiger charge is 2.42. The molecule has 0 saturated heterocycles. The second-order valence-electron chi connectivity index (χ2n) is 5.27. The summed E-state index contributed by atoms with van der Waals surface area (Å²) in [6.45, 7) is 1.93. The quantitative estimate of drug-likeness (QED) is 0.799. The Labute approximate surface area is 128 Å². The van der Waals surface area contributed by atoms with Crippen molar-refractivity contribution in [2.75, 3.05) is 7.11 Å². The van der Waals surface area contributed by atoms with Crippen molar-refractivity contribution in [3.05, 3.63) is 70.8 Å². The third kappa shape index (κ3) is 2.26. The van der Waals surface area contributed by atoms with Crippen LogP contribution in [0.5, 0.6) is 0 Å². The van der Waals surface area contributed by atoms with Gasteiger partial charge in [0.15, 0.2) is 0 Å². The van der Waals surface area contributed by atoms with E-state index in [2.05, 4.69) is 0 Å². The number of ether oxygens (including phenoxy) is 2. The van der Waals surface area contributed by atoms with Crippen molar-refractivity contribution < 1.29 is 19.1 Å². The minimum atomic E-state index is -0.670. The third-order valence-electron chi connectivity index (χ3n) is 4.00. The molecule has 0 bridgehead atoms. The molecule has 0 radical (unpaired) electrons. The van der Waals surface area contributed by atoms with Crippen molar-refractivity contribution in [2.45, 2.75) is 18.9 Å². The van der Waals surface area contributed by atoms with E-state index in [4.69, 9.17) is 9.47 Å². The Hall–Kier alpha value is -2.62. The van der Waals surface area contributed by atoms with Crippen LogP contribution < -0.4 is 0 Å². The lowest BCUT2D eigenvalue weighted by atomic mass is 9.83. The lowest BCUT2D eigenvalue weighted by molar-refractivity contribution is -0.146. The van der Waals surface area contributed by atoms with Crippen LogP contribution in [-0.2, 0) is 14.3 Å². The number of methoxy groups -OCH3 is 1. The fourth-order valence-electron chi connectivity index (χ4n) is 2.89. The summed E-state index contributed by atoms with van der Waals surface area (Å²) in [5.41, 5.74) is 2.86. The number of rotatable bonds is 2. The molecule has 0 amide bonds. The Morgan fingerprint density at radius 2 is 1.68 bits per heavy atom. The van der Waals surface area contributed by atoms with Gasteiger partial charge < -0.3 is 9.47 Å². The van der Waals surface area contributed by atoms with E-state index >= 15 is 0 Å². The van der Waals surface area contributed by atoms with Crippen LogP contribution in [0.15, 0.2) is 48.5 Å². The average molecular weight is 296 g/mol. The predicted octanol–water partition coefficient (Wildman–Crippen LogP) is 3.16. The molecule has 0 saturated carbocycles. The highest BCUT2D eigenvalue weighted by atomic mass is 16.6. The first kappa shape index (κ1) is 14.3. The zero-order valence-corrected chi connectivity index (χ0v) is 12.4. The molecule has 4 heteroatoms. The molecular weight excluding hydrogens is 280 g/mol. The number of hydrogen-bond acceptors (Lipinski definition) is 4. The van der Waals surface area contributed by atoms with Gasteiger partial charge in [0, 0.05) is 0 Å². The molecule has 3 rings (SSSR count). The number of cyclic esters (lactones) is 1. The zero-order chi connectivity index (χ0) is 15.7. The lowest BCUT2D eigenvalue weighted by Gasteiger charge is -2.32. The van der Waals surface area contributed by atoms with Crippen molar-refractivity contribution in [2.24, 2.45) is 0 Å². The van der Waals surface area contributed by atoms with E-state index in [9.17, 15) is 9.59 Å². The van der Waals surface area contributed by atoms with Gasteiger partial charge in [-0.25, -0.2) is 4.79 Å². The summed E-state index contributed by atoms with van der Waals surface area (Å²) in [6.07, 6.45) is -0.670. The summed E-state index contributed by atoms with van der Waals surface area (Å²) in [6, 6.07) is 14.6. The minimum absolute atomic E-state index is 0.409. The molecule has 0 spiro atoms. The van der Waals surface area contributed by atoms with Crippen LogP contribution in [0.3, 0.4) is 0 Å². The molecule has 0 unspecified atom stereocenters. The summed E-state index contributed by atoms with van der Waals surface area (Å²) < 4.78 is 10.5. The second-order valence-corrected chi connectivity index (χ2v) is 5.27. The summed E-state index contributed by atoms with van der Waals surface area (Å²) in [7, 11) is 1.34. The maximum atomic E-state index is 12.3. The first-order valence-electron chi connectivity index (χ1n) is 7.06. The maximum absolute atomic E-state index is 12.3. The highest BCUT2D eigenvalue weighted by Crippen LogP contribution is 2.42. The van der Waals surface area contributed by atoms with Gasteiger partial charge in [0.1, 0.15) is 12.0 Å². The first-order chi connectivity index (χ1) is 10.6. The third-order valence-corrected chi connectivity index (χ3v) is 4.00.